The Morgan fingerprint density at radius 1 is 1.10 bits per heavy atom. The Hall–Kier alpha value is -1.14. The average molecular weight is 314 g/mol. The molecule has 0 unspecified atom stereocenters. The van der Waals surface area contributed by atoms with Crippen LogP contribution in [-0.4, -0.2) is 25.8 Å². The lowest BCUT2D eigenvalue weighted by Gasteiger charge is -2.26. The van der Waals surface area contributed by atoms with Gasteiger partial charge in [-0.3, -0.25) is 0 Å². The molecule has 1 aromatic carbocycles. The molecule has 118 valence electrons. The normalized spacial score (nSPS) is 18.2. The van der Waals surface area contributed by atoms with Crippen LogP contribution in [-0.2, 0) is 10.0 Å². The van der Waals surface area contributed by atoms with E-state index in [2.05, 4.69) is 0 Å². The third-order valence-corrected chi connectivity index (χ3v) is 6.31. The molecule has 0 aliphatic carbocycles. The zero-order valence-corrected chi connectivity index (χ0v) is 13.5. The van der Waals surface area contributed by atoms with Crippen molar-refractivity contribution in [3.05, 3.63) is 23.0 Å². The molecule has 2 N–H and O–H groups in total. The summed E-state index contributed by atoms with van der Waals surface area (Å²) in [5.41, 5.74) is 6.33. The number of anilines is 1. The number of benzene rings is 1. The van der Waals surface area contributed by atoms with Crippen LogP contribution in [0.25, 0.3) is 0 Å². The summed E-state index contributed by atoms with van der Waals surface area (Å²) in [6.45, 7) is 4.24. The molecule has 1 saturated heterocycles. The molecule has 0 amide bonds. The van der Waals surface area contributed by atoms with Crippen LogP contribution < -0.4 is 5.73 Å². The molecule has 0 radical (unpaired) electrons. The number of hydrogen-bond acceptors (Lipinski definition) is 3. The maximum Gasteiger partial charge on any atom is 0.243 e. The second kappa shape index (κ2) is 6.32. The van der Waals surface area contributed by atoms with Crippen molar-refractivity contribution >= 4 is 15.7 Å². The number of nitrogens with zero attached hydrogens (tertiary/aromatic N) is 1. The molecule has 6 heteroatoms. The Kier molecular flexibility index (Phi) is 4.88. The standard InChI is InChI=1S/C15H23FN2O2S/c1-11-10-13(16)14(17)12(2)15(11)21(19,20)18-8-6-4-3-5-7-9-18/h10H,3-9,17H2,1-2H3. The topological polar surface area (TPSA) is 63.4 Å². The van der Waals surface area contributed by atoms with E-state index in [-0.39, 0.29) is 10.6 Å². The van der Waals surface area contributed by atoms with Crippen molar-refractivity contribution in [1.82, 2.24) is 4.31 Å². The largest absolute Gasteiger partial charge is 0.396 e. The number of sulfonamides is 1. The zero-order chi connectivity index (χ0) is 15.6. The summed E-state index contributed by atoms with van der Waals surface area (Å²) in [7, 11) is -3.62. The fraction of sp³-hybridized carbons (Fsp3) is 0.600. The third kappa shape index (κ3) is 3.21. The van der Waals surface area contributed by atoms with Gasteiger partial charge in [0.05, 0.1) is 10.6 Å². The molecule has 0 bridgehead atoms. The van der Waals surface area contributed by atoms with Crippen molar-refractivity contribution in [1.29, 1.82) is 0 Å². The minimum absolute atomic E-state index is 0.0776. The van der Waals surface area contributed by atoms with Gasteiger partial charge in [-0.1, -0.05) is 19.3 Å². The van der Waals surface area contributed by atoms with Crippen LogP contribution in [0.1, 0.15) is 43.2 Å². The van der Waals surface area contributed by atoms with E-state index in [1.807, 2.05) is 0 Å². The Balaban J connectivity index is 2.46. The van der Waals surface area contributed by atoms with Crippen molar-refractivity contribution in [3.8, 4) is 0 Å². The van der Waals surface area contributed by atoms with Crippen LogP contribution in [0.5, 0.6) is 0 Å². The lowest BCUT2D eigenvalue weighted by Crippen LogP contribution is -2.34. The quantitative estimate of drug-likeness (QED) is 0.854. The summed E-state index contributed by atoms with van der Waals surface area (Å²) in [4.78, 5) is 0.168. The first-order chi connectivity index (χ1) is 9.85. The first-order valence-corrected chi connectivity index (χ1v) is 8.85. The van der Waals surface area contributed by atoms with Gasteiger partial charge in [0, 0.05) is 13.1 Å². The molecule has 4 nitrogen and oxygen atoms in total. The fourth-order valence-electron chi connectivity index (χ4n) is 2.92. The van der Waals surface area contributed by atoms with Gasteiger partial charge in [0.1, 0.15) is 5.82 Å². The van der Waals surface area contributed by atoms with Crippen LogP contribution >= 0.6 is 0 Å². The summed E-state index contributed by atoms with van der Waals surface area (Å²) >= 11 is 0. The van der Waals surface area contributed by atoms with Gasteiger partial charge < -0.3 is 5.73 Å². The van der Waals surface area contributed by atoms with Crippen molar-refractivity contribution < 1.29 is 12.8 Å². The Bertz CT molecular complexity index is 621. The van der Waals surface area contributed by atoms with Crippen LogP contribution in [0, 0.1) is 19.7 Å². The van der Waals surface area contributed by atoms with Crippen molar-refractivity contribution in [2.45, 2.75) is 50.8 Å². The predicted octanol–water partition coefficient (Wildman–Crippen LogP) is 2.98. The Morgan fingerprint density at radius 3 is 2.19 bits per heavy atom. The van der Waals surface area contributed by atoms with Crippen LogP contribution in [0.2, 0.25) is 0 Å². The minimum Gasteiger partial charge on any atom is -0.396 e. The third-order valence-electron chi connectivity index (χ3n) is 4.12. The predicted molar refractivity (Wildman–Crippen MR) is 82.1 cm³/mol. The molecule has 2 rings (SSSR count). The van der Waals surface area contributed by atoms with Crippen LogP contribution in [0.4, 0.5) is 10.1 Å². The number of halogens is 1. The molecule has 0 saturated carbocycles. The molecule has 1 aromatic rings. The lowest BCUT2D eigenvalue weighted by atomic mass is 10.1. The summed E-state index contributed by atoms with van der Waals surface area (Å²) in [5.74, 6) is -0.559. The van der Waals surface area contributed by atoms with Gasteiger partial charge in [0.2, 0.25) is 10.0 Å². The van der Waals surface area contributed by atoms with E-state index in [0.29, 0.717) is 24.2 Å². The smallest absolute Gasteiger partial charge is 0.243 e. The number of nitrogen functional groups attached to an aromatic ring is 1. The monoisotopic (exact) mass is 314 g/mol. The molecule has 0 atom stereocenters. The molecule has 1 fully saturated rings. The summed E-state index contributed by atoms with van der Waals surface area (Å²) in [6.07, 6.45) is 5.00. The highest BCUT2D eigenvalue weighted by atomic mass is 32.2. The van der Waals surface area contributed by atoms with Crippen molar-refractivity contribution in [2.75, 3.05) is 18.8 Å². The van der Waals surface area contributed by atoms with E-state index in [4.69, 9.17) is 5.73 Å². The van der Waals surface area contributed by atoms with Gasteiger partial charge >= 0.3 is 0 Å². The molecular formula is C15H23FN2O2S. The van der Waals surface area contributed by atoms with E-state index in [0.717, 1.165) is 32.1 Å². The average Bonchev–Trinajstić information content (AvgIpc) is 2.34. The summed E-state index contributed by atoms with van der Waals surface area (Å²) in [5, 5.41) is 0. The highest BCUT2D eigenvalue weighted by Gasteiger charge is 2.29. The molecule has 1 heterocycles. The second-order valence-corrected chi connectivity index (χ2v) is 7.59. The maximum absolute atomic E-state index is 13.6. The zero-order valence-electron chi connectivity index (χ0n) is 12.7. The maximum atomic E-state index is 13.6. The van der Waals surface area contributed by atoms with E-state index in [1.54, 1.807) is 13.8 Å². The van der Waals surface area contributed by atoms with Gasteiger partial charge in [0.25, 0.3) is 0 Å². The minimum atomic E-state index is -3.62. The summed E-state index contributed by atoms with van der Waals surface area (Å²) in [6, 6.07) is 1.21. The van der Waals surface area contributed by atoms with Gasteiger partial charge in [-0.2, -0.15) is 4.31 Å². The fourth-order valence-corrected chi connectivity index (χ4v) is 4.88. The van der Waals surface area contributed by atoms with Crippen LogP contribution in [0.15, 0.2) is 11.0 Å². The highest BCUT2D eigenvalue weighted by molar-refractivity contribution is 7.89. The van der Waals surface area contributed by atoms with Crippen molar-refractivity contribution in [2.24, 2.45) is 0 Å². The summed E-state index contributed by atoms with van der Waals surface area (Å²) < 4.78 is 41.0. The first kappa shape index (κ1) is 16.2. The number of hydrogen-bond donors (Lipinski definition) is 1. The number of rotatable bonds is 2. The first-order valence-electron chi connectivity index (χ1n) is 7.41. The number of aryl methyl sites for hydroxylation is 1. The van der Waals surface area contributed by atoms with Gasteiger partial charge in [-0.05, 0) is 43.9 Å². The molecule has 21 heavy (non-hydrogen) atoms. The highest BCUT2D eigenvalue weighted by Crippen LogP contribution is 2.30. The van der Waals surface area contributed by atoms with Crippen LogP contribution in [0.3, 0.4) is 0 Å². The molecular weight excluding hydrogens is 291 g/mol. The van der Waals surface area contributed by atoms with E-state index >= 15 is 0 Å². The van der Waals surface area contributed by atoms with Gasteiger partial charge in [0.15, 0.2) is 0 Å². The SMILES string of the molecule is Cc1cc(F)c(N)c(C)c1S(=O)(=O)N1CCCCCCC1. The second-order valence-electron chi connectivity index (χ2n) is 5.71. The van der Waals surface area contributed by atoms with E-state index in [1.165, 1.54) is 10.4 Å². The molecule has 0 aromatic heterocycles. The van der Waals surface area contributed by atoms with E-state index < -0.39 is 15.8 Å². The molecule has 1 aliphatic heterocycles. The van der Waals surface area contributed by atoms with Gasteiger partial charge in [-0.25, -0.2) is 12.8 Å². The lowest BCUT2D eigenvalue weighted by molar-refractivity contribution is 0.364. The Morgan fingerprint density at radius 2 is 1.62 bits per heavy atom. The Labute approximate surface area is 126 Å². The number of nitrogens with two attached hydrogens (primary N) is 1. The van der Waals surface area contributed by atoms with Gasteiger partial charge in [-0.15, -0.1) is 0 Å². The molecule has 1 aliphatic rings. The molecule has 0 spiro atoms. The van der Waals surface area contributed by atoms with Crippen molar-refractivity contribution in [3.63, 3.8) is 0 Å². The van der Waals surface area contributed by atoms with E-state index in [9.17, 15) is 12.8 Å².